The van der Waals surface area contributed by atoms with E-state index in [4.69, 9.17) is 4.74 Å². The number of esters is 1. The molecule has 0 rings (SSSR count). The van der Waals surface area contributed by atoms with Crippen LogP contribution in [0, 0.1) is 11.8 Å². The fourth-order valence-corrected chi connectivity index (χ4v) is 3.01. The molecule has 2 heteroatoms. The zero-order valence-corrected chi connectivity index (χ0v) is 16.4. The normalized spacial score (nSPS) is 11.4. The Balaban J connectivity index is 3.61. The molecule has 0 fully saturated rings. The standard InChI is InChI=1S/C21H42O2/c1-5-7-14-20(15-8-6-2)17-18-23-21(22)16-12-10-9-11-13-19(3)4/h19-20H,5-18H2,1-4H3. The SMILES string of the molecule is CCCCC(CCCC)CCOC(=O)CCCCCCC(C)C. The number of rotatable bonds is 16. The van der Waals surface area contributed by atoms with Gasteiger partial charge in [-0.3, -0.25) is 4.79 Å². The molecule has 0 saturated heterocycles. The van der Waals surface area contributed by atoms with E-state index in [0.29, 0.717) is 13.0 Å². The van der Waals surface area contributed by atoms with Crippen LogP contribution in [0.2, 0.25) is 0 Å². The molecule has 0 aliphatic carbocycles. The molecular weight excluding hydrogens is 284 g/mol. The smallest absolute Gasteiger partial charge is 0.305 e. The van der Waals surface area contributed by atoms with E-state index >= 15 is 0 Å². The van der Waals surface area contributed by atoms with Gasteiger partial charge in [0.15, 0.2) is 0 Å². The van der Waals surface area contributed by atoms with E-state index in [0.717, 1.165) is 31.1 Å². The number of hydrogen-bond donors (Lipinski definition) is 0. The van der Waals surface area contributed by atoms with Gasteiger partial charge in [0, 0.05) is 6.42 Å². The third kappa shape index (κ3) is 16.1. The van der Waals surface area contributed by atoms with Gasteiger partial charge >= 0.3 is 5.97 Å². The first-order chi connectivity index (χ1) is 11.1. The molecule has 138 valence electrons. The lowest BCUT2D eigenvalue weighted by Crippen LogP contribution is -2.10. The molecule has 0 aliphatic heterocycles. The van der Waals surface area contributed by atoms with E-state index < -0.39 is 0 Å². The van der Waals surface area contributed by atoms with Gasteiger partial charge < -0.3 is 4.74 Å². The van der Waals surface area contributed by atoms with Crippen molar-refractivity contribution in [2.45, 2.75) is 111 Å². The van der Waals surface area contributed by atoms with Crippen molar-refractivity contribution < 1.29 is 9.53 Å². The predicted octanol–water partition coefficient (Wildman–Crippen LogP) is 6.91. The van der Waals surface area contributed by atoms with Crippen molar-refractivity contribution in [1.82, 2.24) is 0 Å². The van der Waals surface area contributed by atoms with Gasteiger partial charge in [-0.25, -0.2) is 0 Å². The van der Waals surface area contributed by atoms with Crippen LogP contribution in [0.4, 0.5) is 0 Å². The zero-order valence-electron chi connectivity index (χ0n) is 16.4. The first-order valence-corrected chi connectivity index (χ1v) is 10.3. The van der Waals surface area contributed by atoms with E-state index in [1.807, 2.05) is 0 Å². The van der Waals surface area contributed by atoms with Gasteiger partial charge in [0.2, 0.25) is 0 Å². The number of ether oxygens (including phenoxy) is 1. The van der Waals surface area contributed by atoms with Crippen molar-refractivity contribution in [2.75, 3.05) is 6.61 Å². The van der Waals surface area contributed by atoms with Gasteiger partial charge in [-0.2, -0.15) is 0 Å². The molecule has 0 spiro atoms. The Bertz CT molecular complexity index is 253. The van der Waals surface area contributed by atoms with Gasteiger partial charge in [0.1, 0.15) is 0 Å². The predicted molar refractivity (Wildman–Crippen MR) is 101 cm³/mol. The second-order valence-electron chi connectivity index (χ2n) is 7.51. The second-order valence-corrected chi connectivity index (χ2v) is 7.51. The molecule has 0 radical (unpaired) electrons. The maximum atomic E-state index is 11.8. The van der Waals surface area contributed by atoms with Crippen molar-refractivity contribution in [1.29, 1.82) is 0 Å². The van der Waals surface area contributed by atoms with Gasteiger partial charge in [0.05, 0.1) is 6.61 Å². The lowest BCUT2D eigenvalue weighted by molar-refractivity contribution is -0.144. The van der Waals surface area contributed by atoms with Crippen LogP contribution in [0.5, 0.6) is 0 Å². The van der Waals surface area contributed by atoms with Crippen molar-refractivity contribution in [2.24, 2.45) is 11.8 Å². The monoisotopic (exact) mass is 326 g/mol. The van der Waals surface area contributed by atoms with E-state index in [9.17, 15) is 4.79 Å². The van der Waals surface area contributed by atoms with Crippen LogP contribution in [0.25, 0.3) is 0 Å². The molecule has 0 amide bonds. The Morgan fingerprint density at radius 2 is 1.39 bits per heavy atom. The van der Waals surface area contributed by atoms with Crippen molar-refractivity contribution >= 4 is 5.97 Å². The highest BCUT2D eigenvalue weighted by molar-refractivity contribution is 5.69. The molecule has 0 atom stereocenters. The highest BCUT2D eigenvalue weighted by Gasteiger charge is 2.10. The van der Waals surface area contributed by atoms with Crippen molar-refractivity contribution in [3.8, 4) is 0 Å². The van der Waals surface area contributed by atoms with E-state index in [2.05, 4.69) is 27.7 Å². The van der Waals surface area contributed by atoms with Gasteiger partial charge in [0.25, 0.3) is 0 Å². The molecule has 0 aromatic carbocycles. The van der Waals surface area contributed by atoms with Crippen LogP contribution < -0.4 is 0 Å². The molecular formula is C21H42O2. The summed E-state index contributed by atoms with van der Waals surface area (Å²) in [6.45, 7) is 9.66. The minimum absolute atomic E-state index is 0.0126. The number of carbonyl (C=O) groups excluding carboxylic acids is 1. The molecule has 0 saturated carbocycles. The topological polar surface area (TPSA) is 26.3 Å². The third-order valence-corrected chi connectivity index (χ3v) is 4.63. The Morgan fingerprint density at radius 1 is 0.783 bits per heavy atom. The first-order valence-electron chi connectivity index (χ1n) is 10.3. The fourth-order valence-electron chi connectivity index (χ4n) is 3.01. The average Bonchev–Trinajstić information content (AvgIpc) is 2.52. The Morgan fingerprint density at radius 3 is 1.96 bits per heavy atom. The summed E-state index contributed by atoms with van der Waals surface area (Å²) in [5, 5.41) is 0. The van der Waals surface area contributed by atoms with E-state index in [-0.39, 0.29) is 5.97 Å². The largest absolute Gasteiger partial charge is 0.466 e. The van der Waals surface area contributed by atoms with Crippen LogP contribution in [0.1, 0.15) is 111 Å². The second kappa shape index (κ2) is 16.3. The molecule has 0 unspecified atom stereocenters. The average molecular weight is 327 g/mol. The summed E-state index contributed by atoms with van der Waals surface area (Å²) in [5.74, 6) is 1.56. The molecule has 23 heavy (non-hydrogen) atoms. The van der Waals surface area contributed by atoms with Crippen LogP contribution in [0.15, 0.2) is 0 Å². The zero-order chi connectivity index (χ0) is 17.3. The minimum atomic E-state index is 0.0126. The van der Waals surface area contributed by atoms with Crippen LogP contribution in [-0.4, -0.2) is 12.6 Å². The summed E-state index contributed by atoms with van der Waals surface area (Å²) in [4.78, 5) is 11.8. The van der Waals surface area contributed by atoms with Crippen LogP contribution in [-0.2, 0) is 9.53 Å². The molecule has 0 aromatic heterocycles. The summed E-state index contributed by atoms with van der Waals surface area (Å²) >= 11 is 0. The molecule has 0 bridgehead atoms. The van der Waals surface area contributed by atoms with Crippen molar-refractivity contribution in [3.05, 3.63) is 0 Å². The van der Waals surface area contributed by atoms with Gasteiger partial charge in [-0.15, -0.1) is 0 Å². The van der Waals surface area contributed by atoms with Gasteiger partial charge in [-0.1, -0.05) is 91.9 Å². The fraction of sp³-hybridized carbons (Fsp3) is 0.952. The first kappa shape index (κ1) is 22.5. The summed E-state index contributed by atoms with van der Waals surface area (Å²) < 4.78 is 5.44. The quantitative estimate of drug-likeness (QED) is 0.227. The Kier molecular flexibility index (Phi) is 16.0. The highest BCUT2D eigenvalue weighted by atomic mass is 16.5. The molecule has 0 aliphatic rings. The summed E-state index contributed by atoms with van der Waals surface area (Å²) in [5.41, 5.74) is 0. The highest BCUT2D eigenvalue weighted by Crippen LogP contribution is 2.20. The summed E-state index contributed by atoms with van der Waals surface area (Å²) in [6.07, 6.45) is 15.4. The van der Waals surface area contributed by atoms with E-state index in [1.54, 1.807) is 0 Å². The molecule has 0 N–H and O–H groups in total. The lowest BCUT2D eigenvalue weighted by Gasteiger charge is -2.16. The lowest BCUT2D eigenvalue weighted by atomic mass is 9.93. The number of carbonyl (C=O) groups is 1. The van der Waals surface area contributed by atoms with Crippen molar-refractivity contribution in [3.63, 3.8) is 0 Å². The number of hydrogen-bond acceptors (Lipinski definition) is 2. The number of unbranched alkanes of at least 4 members (excludes halogenated alkanes) is 5. The van der Waals surface area contributed by atoms with Crippen LogP contribution >= 0.6 is 0 Å². The summed E-state index contributed by atoms with van der Waals surface area (Å²) in [7, 11) is 0. The Labute approximate surface area is 145 Å². The Hall–Kier alpha value is -0.530. The molecule has 2 nitrogen and oxygen atoms in total. The van der Waals surface area contributed by atoms with Crippen LogP contribution in [0.3, 0.4) is 0 Å². The summed E-state index contributed by atoms with van der Waals surface area (Å²) in [6, 6.07) is 0. The minimum Gasteiger partial charge on any atom is -0.466 e. The third-order valence-electron chi connectivity index (χ3n) is 4.63. The maximum Gasteiger partial charge on any atom is 0.305 e. The van der Waals surface area contributed by atoms with E-state index in [1.165, 1.54) is 57.8 Å². The van der Waals surface area contributed by atoms with Gasteiger partial charge in [-0.05, 0) is 24.7 Å². The molecule has 0 heterocycles. The molecule has 0 aromatic rings. The maximum absolute atomic E-state index is 11.8.